The van der Waals surface area contributed by atoms with Crippen LogP contribution < -0.4 is 15.5 Å². The van der Waals surface area contributed by atoms with Crippen LogP contribution in [0.15, 0.2) is 18.2 Å². The van der Waals surface area contributed by atoms with Crippen LogP contribution in [0.3, 0.4) is 0 Å². The summed E-state index contributed by atoms with van der Waals surface area (Å²) in [6.07, 6.45) is 7.64. The molecule has 0 bridgehead atoms. The molecule has 2 N–H and O–H groups in total. The maximum atomic E-state index is 12.8. The highest BCUT2D eigenvalue weighted by Crippen LogP contribution is 2.32. The highest BCUT2D eigenvalue weighted by atomic mass is 16.2. The van der Waals surface area contributed by atoms with Gasteiger partial charge in [-0.2, -0.15) is 0 Å². The maximum absolute atomic E-state index is 12.8. The van der Waals surface area contributed by atoms with Crippen LogP contribution in [0.25, 0.3) is 0 Å². The monoisotopic (exact) mass is 357 g/mol. The largest absolute Gasteiger partial charge is 0.371 e. The average Bonchev–Trinajstić information content (AvgIpc) is 3.48. The molecule has 1 unspecified atom stereocenters. The molecule has 2 aliphatic rings. The van der Waals surface area contributed by atoms with Crippen molar-refractivity contribution in [3.8, 4) is 0 Å². The molecular formula is C21H31N3O2. The third-order valence-electron chi connectivity index (χ3n) is 5.39. The van der Waals surface area contributed by atoms with E-state index in [1.54, 1.807) is 0 Å². The van der Waals surface area contributed by atoms with Crippen LogP contribution in [-0.2, 0) is 4.79 Å². The van der Waals surface area contributed by atoms with Crippen molar-refractivity contribution in [3.05, 3.63) is 23.8 Å². The molecule has 1 aliphatic carbocycles. The van der Waals surface area contributed by atoms with E-state index in [1.165, 1.54) is 12.8 Å². The Kier molecular flexibility index (Phi) is 6.17. The van der Waals surface area contributed by atoms with Gasteiger partial charge in [0.05, 0.1) is 11.3 Å². The minimum absolute atomic E-state index is 0.0290. The van der Waals surface area contributed by atoms with Crippen molar-refractivity contribution in [3.63, 3.8) is 0 Å². The van der Waals surface area contributed by atoms with Gasteiger partial charge in [0.2, 0.25) is 5.91 Å². The number of amides is 2. The van der Waals surface area contributed by atoms with E-state index < -0.39 is 0 Å². The summed E-state index contributed by atoms with van der Waals surface area (Å²) in [7, 11) is 0. The summed E-state index contributed by atoms with van der Waals surface area (Å²) in [5, 5.41) is 6.10. The van der Waals surface area contributed by atoms with Crippen molar-refractivity contribution < 1.29 is 9.59 Å². The van der Waals surface area contributed by atoms with Crippen molar-refractivity contribution in [1.29, 1.82) is 0 Å². The number of hydrogen-bond donors (Lipinski definition) is 2. The summed E-state index contributed by atoms with van der Waals surface area (Å²) >= 11 is 0. The van der Waals surface area contributed by atoms with Gasteiger partial charge >= 0.3 is 0 Å². The van der Waals surface area contributed by atoms with Crippen LogP contribution in [0.1, 0.15) is 69.2 Å². The Morgan fingerprint density at radius 2 is 1.85 bits per heavy atom. The Bertz CT molecular complexity index is 647. The molecule has 1 heterocycles. The third kappa shape index (κ3) is 4.77. The molecule has 1 aliphatic heterocycles. The molecule has 1 aromatic rings. The molecular weight excluding hydrogens is 326 g/mol. The number of rotatable bonds is 6. The normalized spacial score (nSPS) is 18.8. The summed E-state index contributed by atoms with van der Waals surface area (Å²) in [6.45, 7) is 6.01. The van der Waals surface area contributed by atoms with E-state index >= 15 is 0 Å². The number of anilines is 2. The van der Waals surface area contributed by atoms with E-state index in [9.17, 15) is 9.59 Å². The van der Waals surface area contributed by atoms with Crippen molar-refractivity contribution in [2.24, 2.45) is 5.92 Å². The van der Waals surface area contributed by atoms with Crippen LogP contribution in [-0.4, -0.2) is 30.9 Å². The minimum atomic E-state index is -0.0290. The second kappa shape index (κ2) is 8.56. The molecule has 1 saturated carbocycles. The first-order chi connectivity index (χ1) is 12.6. The molecule has 2 fully saturated rings. The summed E-state index contributed by atoms with van der Waals surface area (Å²) < 4.78 is 0. The SMILES string of the molecule is CCC(C)NC(=O)c1ccc(NC(=O)C2CC2)cc1N1CCCCCC1. The van der Waals surface area contributed by atoms with E-state index in [2.05, 4.69) is 22.5 Å². The van der Waals surface area contributed by atoms with Gasteiger partial charge in [0.25, 0.3) is 5.91 Å². The summed E-state index contributed by atoms with van der Waals surface area (Å²) in [5.41, 5.74) is 2.44. The second-order valence-electron chi connectivity index (χ2n) is 7.68. The Morgan fingerprint density at radius 3 is 2.46 bits per heavy atom. The number of carbonyl (C=O) groups excluding carboxylic acids is 2. The van der Waals surface area contributed by atoms with E-state index in [1.807, 2.05) is 25.1 Å². The maximum Gasteiger partial charge on any atom is 0.253 e. The van der Waals surface area contributed by atoms with Crippen LogP contribution in [0.4, 0.5) is 11.4 Å². The molecule has 142 valence electrons. The van der Waals surface area contributed by atoms with Gasteiger partial charge < -0.3 is 15.5 Å². The van der Waals surface area contributed by atoms with Crippen molar-refractivity contribution in [1.82, 2.24) is 5.32 Å². The first-order valence-electron chi connectivity index (χ1n) is 10.1. The van der Waals surface area contributed by atoms with Crippen molar-refractivity contribution in [2.75, 3.05) is 23.3 Å². The molecule has 1 saturated heterocycles. The number of carbonyl (C=O) groups is 2. The highest BCUT2D eigenvalue weighted by Gasteiger charge is 2.30. The zero-order valence-electron chi connectivity index (χ0n) is 16.0. The van der Waals surface area contributed by atoms with Gasteiger partial charge in [0.15, 0.2) is 0 Å². The Hall–Kier alpha value is -2.04. The topological polar surface area (TPSA) is 61.4 Å². The van der Waals surface area contributed by atoms with Crippen LogP contribution in [0, 0.1) is 5.92 Å². The zero-order chi connectivity index (χ0) is 18.5. The number of hydrogen-bond acceptors (Lipinski definition) is 3. The lowest BCUT2D eigenvalue weighted by atomic mass is 10.1. The first kappa shape index (κ1) is 18.7. The third-order valence-corrected chi connectivity index (χ3v) is 5.39. The fraction of sp³-hybridized carbons (Fsp3) is 0.619. The van der Waals surface area contributed by atoms with E-state index in [4.69, 9.17) is 0 Å². The van der Waals surface area contributed by atoms with Crippen LogP contribution in [0.5, 0.6) is 0 Å². The van der Waals surface area contributed by atoms with Gasteiger partial charge in [-0.15, -0.1) is 0 Å². The Labute approximate surface area is 156 Å². The lowest BCUT2D eigenvalue weighted by Crippen LogP contribution is -2.34. The fourth-order valence-electron chi connectivity index (χ4n) is 3.37. The molecule has 0 aromatic heterocycles. The molecule has 5 heteroatoms. The van der Waals surface area contributed by atoms with Gasteiger partial charge in [-0.25, -0.2) is 0 Å². The predicted molar refractivity (Wildman–Crippen MR) is 106 cm³/mol. The molecule has 0 radical (unpaired) electrons. The van der Waals surface area contributed by atoms with Gasteiger partial charge in [0.1, 0.15) is 0 Å². The van der Waals surface area contributed by atoms with Crippen LogP contribution in [0.2, 0.25) is 0 Å². The predicted octanol–water partition coefficient (Wildman–Crippen LogP) is 3.94. The molecule has 26 heavy (non-hydrogen) atoms. The van der Waals surface area contributed by atoms with Gasteiger partial charge in [-0.05, 0) is 57.2 Å². The van der Waals surface area contributed by atoms with E-state index in [0.29, 0.717) is 5.56 Å². The van der Waals surface area contributed by atoms with Crippen molar-refractivity contribution >= 4 is 23.2 Å². The fourth-order valence-corrected chi connectivity index (χ4v) is 3.37. The first-order valence-corrected chi connectivity index (χ1v) is 10.1. The average molecular weight is 357 g/mol. The number of benzene rings is 1. The number of nitrogens with one attached hydrogen (secondary N) is 2. The van der Waals surface area contributed by atoms with E-state index in [-0.39, 0.29) is 23.8 Å². The minimum Gasteiger partial charge on any atom is -0.371 e. The Morgan fingerprint density at radius 1 is 1.15 bits per heavy atom. The van der Waals surface area contributed by atoms with E-state index in [0.717, 1.165) is 56.6 Å². The second-order valence-corrected chi connectivity index (χ2v) is 7.68. The number of nitrogens with zero attached hydrogens (tertiary/aromatic N) is 1. The zero-order valence-corrected chi connectivity index (χ0v) is 16.0. The smallest absolute Gasteiger partial charge is 0.253 e. The molecule has 5 nitrogen and oxygen atoms in total. The summed E-state index contributed by atoms with van der Waals surface area (Å²) in [6, 6.07) is 5.85. The highest BCUT2D eigenvalue weighted by molar-refractivity contribution is 6.02. The molecule has 1 aromatic carbocycles. The lowest BCUT2D eigenvalue weighted by Gasteiger charge is -2.26. The molecule has 0 spiro atoms. The van der Waals surface area contributed by atoms with Gasteiger partial charge in [0, 0.05) is 30.7 Å². The van der Waals surface area contributed by atoms with Gasteiger partial charge in [-0.1, -0.05) is 19.8 Å². The standard InChI is InChI=1S/C21H31N3O2/c1-3-15(2)22-21(26)18-11-10-17(23-20(25)16-8-9-16)14-19(18)24-12-6-4-5-7-13-24/h10-11,14-16H,3-9,12-13H2,1-2H3,(H,22,26)(H,23,25). The van der Waals surface area contributed by atoms with Gasteiger partial charge in [-0.3, -0.25) is 9.59 Å². The van der Waals surface area contributed by atoms with Crippen LogP contribution >= 0.6 is 0 Å². The molecule has 2 amide bonds. The summed E-state index contributed by atoms with van der Waals surface area (Å²) in [5.74, 6) is 0.243. The Balaban J connectivity index is 1.85. The summed E-state index contributed by atoms with van der Waals surface area (Å²) in [4.78, 5) is 27.2. The quantitative estimate of drug-likeness (QED) is 0.810. The lowest BCUT2D eigenvalue weighted by molar-refractivity contribution is -0.117. The molecule has 3 rings (SSSR count). The molecule has 1 atom stereocenters. The van der Waals surface area contributed by atoms with Crippen molar-refractivity contribution in [2.45, 2.75) is 64.8 Å².